The Balaban J connectivity index is 1.72. The van der Waals surface area contributed by atoms with Crippen molar-refractivity contribution in [3.8, 4) is 11.5 Å². The summed E-state index contributed by atoms with van der Waals surface area (Å²) in [6.07, 6.45) is 1.27. The summed E-state index contributed by atoms with van der Waals surface area (Å²) in [5.41, 5.74) is 0.888. The fourth-order valence-electron chi connectivity index (χ4n) is 3.59. The number of carbonyl (C=O) groups is 2. The predicted octanol–water partition coefficient (Wildman–Crippen LogP) is 2.27. The SMILES string of the molecule is COc1ccc2c(c1)[C@@H](NC(=O)N1CC(C)CC(C(=O)O)C1)CCO2. The molecule has 3 atom stereocenters. The molecule has 25 heavy (non-hydrogen) atoms. The number of aliphatic carboxylic acids is 1. The molecule has 2 N–H and O–H groups in total. The number of methoxy groups -OCH3 is 1. The van der Waals surface area contributed by atoms with Crippen LogP contribution in [0.25, 0.3) is 0 Å². The van der Waals surface area contributed by atoms with Gasteiger partial charge in [0.1, 0.15) is 11.5 Å². The quantitative estimate of drug-likeness (QED) is 0.875. The van der Waals surface area contributed by atoms with Crippen molar-refractivity contribution >= 4 is 12.0 Å². The van der Waals surface area contributed by atoms with E-state index in [1.54, 1.807) is 12.0 Å². The van der Waals surface area contributed by atoms with Crippen LogP contribution in [0, 0.1) is 11.8 Å². The fourth-order valence-corrected chi connectivity index (χ4v) is 3.59. The first-order valence-electron chi connectivity index (χ1n) is 8.57. The van der Waals surface area contributed by atoms with Gasteiger partial charge in [-0.2, -0.15) is 0 Å². The highest BCUT2D eigenvalue weighted by Crippen LogP contribution is 2.35. The van der Waals surface area contributed by atoms with E-state index in [-0.39, 0.29) is 24.5 Å². The summed E-state index contributed by atoms with van der Waals surface area (Å²) in [5.74, 6) is 0.276. The first-order valence-corrected chi connectivity index (χ1v) is 8.57. The summed E-state index contributed by atoms with van der Waals surface area (Å²) in [6, 6.07) is 5.14. The smallest absolute Gasteiger partial charge is 0.317 e. The van der Waals surface area contributed by atoms with Crippen LogP contribution in [-0.2, 0) is 4.79 Å². The summed E-state index contributed by atoms with van der Waals surface area (Å²) >= 11 is 0. The maximum atomic E-state index is 12.7. The zero-order valence-corrected chi connectivity index (χ0v) is 14.5. The molecule has 0 radical (unpaired) electrons. The minimum absolute atomic E-state index is 0.169. The van der Waals surface area contributed by atoms with E-state index in [1.807, 2.05) is 25.1 Å². The molecule has 2 aliphatic rings. The molecule has 1 fully saturated rings. The third kappa shape index (κ3) is 3.81. The monoisotopic (exact) mass is 348 g/mol. The second-order valence-corrected chi connectivity index (χ2v) is 6.82. The molecule has 0 spiro atoms. The largest absolute Gasteiger partial charge is 0.497 e. The summed E-state index contributed by atoms with van der Waals surface area (Å²) in [7, 11) is 1.60. The van der Waals surface area contributed by atoms with Gasteiger partial charge in [-0.15, -0.1) is 0 Å². The first-order chi connectivity index (χ1) is 12.0. The second kappa shape index (κ2) is 7.21. The molecule has 1 saturated heterocycles. The number of ether oxygens (including phenoxy) is 2. The lowest BCUT2D eigenvalue weighted by molar-refractivity contribution is -0.143. The summed E-state index contributed by atoms with van der Waals surface area (Å²) in [5, 5.41) is 12.3. The van der Waals surface area contributed by atoms with Crippen molar-refractivity contribution in [3.63, 3.8) is 0 Å². The number of nitrogens with zero attached hydrogens (tertiary/aromatic N) is 1. The molecule has 2 aliphatic heterocycles. The molecular formula is C18H24N2O5. The van der Waals surface area contributed by atoms with Crippen molar-refractivity contribution in [1.82, 2.24) is 10.2 Å². The van der Waals surface area contributed by atoms with Gasteiger partial charge >= 0.3 is 12.0 Å². The highest BCUT2D eigenvalue weighted by atomic mass is 16.5. The average Bonchev–Trinajstić information content (AvgIpc) is 2.61. The number of carboxylic acids is 1. The summed E-state index contributed by atoms with van der Waals surface area (Å²) in [6.45, 7) is 3.33. The molecule has 7 nitrogen and oxygen atoms in total. The van der Waals surface area contributed by atoms with Crippen molar-refractivity contribution in [2.45, 2.75) is 25.8 Å². The van der Waals surface area contributed by atoms with Crippen molar-refractivity contribution in [2.24, 2.45) is 11.8 Å². The standard InChI is InChI=1S/C18H24N2O5/c1-11-7-12(17(21)22)10-20(9-11)18(23)19-15-5-6-25-16-4-3-13(24-2)8-14(15)16/h3-4,8,11-12,15H,5-7,9-10H2,1-2H3,(H,19,23)(H,21,22)/t11?,12?,15-/m0/s1. The lowest BCUT2D eigenvalue weighted by Crippen LogP contribution is -2.50. The maximum Gasteiger partial charge on any atom is 0.317 e. The minimum Gasteiger partial charge on any atom is -0.497 e. The van der Waals surface area contributed by atoms with Crippen LogP contribution in [0.2, 0.25) is 0 Å². The normalized spacial score (nSPS) is 25.5. The van der Waals surface area contributed by atoms with E-state index in [4.69, 9.17) is 9.47 Å². The third-order valence-corrected chi connectivity index (χ3v) is 4.85. The van der Waals surface area contributed by atoms with Crippen molar-refractivity contribution in [3.05, 3.63) is 23.8 Å². The molecular weight excluding hydrogens is 324 g/mol. The van der Waals surface area contributed by atoms with E-state index in [0.29, 0.717) is 31.7 Å². The van der Waals surface area contributed by atoms with Gasteiger partial charge in [0.05, 0.1) is 25.7 Å². The molecule has 7 heteroatoms. The van der Waals surface area contributed by atoms with Gasteiger partial charge in [0.15, 0.2) is 0 Å². The number of rotatable bonds is 3. The Hall–Kier alpha value is -2.44. The Morgan fingerprint density at radius 3 is 2.88 bits per heavy atom. The number of nitrogens with one attached hydrogen (secondary N) is 1. The number of likely N-dealkylation sites (tertiary alicyclic amines) is 1. The number of fused-ring (bicyclic) bond motifs is 1. The van der Waals surface area contributed by atoms with E-state index in [9.17, 15) is 14.7 Å². The zero-order valence-electron chi connectivity index (χ0n) is 14.5. The van der Waals surface area contributed by atoms with E-state index in [1.165, 1.54) is 0 Å². The molecule has 2 unspecified atom stereocenters. The van der Waals surface area contributed by atoms with E-state index < -0.39 is 11.9 Å². The van der Waals surface area contributed by atoms with Crippen LogP contribution in [0.15, 0.2) is 18.2 Å². The first kappa shape index (κ1) is 17.4. The second-order valence-electron chi connectivity index (χ2n) is 6.82. The molecule has 0 aromatic heterocycles. The number of hydrogen-bond donors (Lipinski definition) is 2. The van der Waals surface area contributed by atoms with E-state index in [2.05, 4.69) is 5.32 Å². The van der Waals surface area contributed by atoms with Crippen LogP contribution in [0.5, 0.6) is 11.5 Å². The van der Waals surface area contributed by atoms with Gasteiger partial charge in [-0.3, -0.25) is 4.79 Å². The average molecular weight is 348 g/mol. The minimum atomic E-state index is -0.842. The van der Waals surface area contributed by atoms with E-state index in [0.717, 1.165) is 11.3 Å². The van der Waals surface area contributed by atoms with Crippen molar-refractivity contribution in [2.75, 3.05) is 26.8 Å². The molecule has 0 saturated carbocycles. The molecule has 0 bridgehead atoms. The highest BCUT2D eigenvalue weighted by Gasteiger charge is 2.33. The lowest BCUT2D eigenvalue weighted by Gasteiger charge is -2.36. The van der Waals surface area contributed by atoms with Gasteiger partial charge < -0.3 is 24.8 Å². The molecule has 1 aromatic rings. The molecule has 136 valence electrons. The number of amides is 2. The Labute approximate surface area is 146 Å². The molecule has 3 rings (SSSR count). The molecule has 2 heterocycles. The Bertz CT molecular complexity index is 663. The Kier molecular flexibility index (Phi) is 5.01. The lowest BCUT2D eigenvalue weighted by atomic mass is 9.90. The molecule has 1 aromatic carbocycles. The topological polar surface area (TPSA) is 88.1 Å². The van der Waals surface area contributed by atoms with Crippen LogP contribution in [0.1, 0.15) is 31.4 Å². The molecule has 2 amide bonds. The number of hydrogen-bond acceptors (Lipinski definition) is 4. The van der Waals surface area contributed by atoms with Gasteiger partial charge in [-0.05, 0) is 30.5 Å². The fraction of sp³-hybridized carbons (Fsp3) is 0.556. The number of urea groups is 1. The summed E-state index contributed by atoms with van der Waals surface area (Å²) < 4.78 is 10.9. The number of piperidine rings is 1. The van der Waals surface area contributed by atoms with Gasteiger partial charge in [0.2, 0.25) is 0 Å². The number of benzene rings is 1. The van der Waals surface area contributed by atoms with Crippen molar-refractivity contribution in [1.29, 1.82) is 0 Å². The van der Waals surface area contributed by atoms with Crippen LogP contribution in [0.3, 0.4) is 0 Å². The third-order valence-electron chi connectivity index (χ3n) is 4.85. The van der Waals surface area contributed by atoms with Crippen LogP contribution in [-0.4, -0.2) is 48.8 Å². The van der Waals surface area contributed by atoms with Gasteiger partial charge in [0, 0.05) is 25.1 Å². The van der Waals surface area contributed by atoms with Crippen LogP contribution >= 0.6 is 0 Å². The predicted molar refractivity (Wildman–Crippen MR) is 90.9 cm³/mol. The van der Waals surface area contributed by atoms with Gasteiger partial charge in [-0.25, -0.2) is 4.79 Å². The number of carbonyl (C=O) groups excluding carboxylic acids is 1. The van der Waals surface area contributed by atoms with E-state index >= 15 is 0 Å². The number of carboxylic acid groups (broad SMARTS) is 1. The van der Waals surface area contributed by atoms with Crippen LogP contribution in [0.4, 0.5) is 4.79 Å². The van der Waals surface area contributed by atoms with Crippen molar-refractivity contribution < 1.29 is 24.2 Å². The zero-order chi connectivity index (χ0) is 18.0. The van der Waals surface area contributed by atoms with Crippen LogP contribution < -0.4 is 14.8 Å². The summed E-state index contributed by atoms with van der Waals surface area (Å²) in [4.78, 5) is 25.6. The Morgan fingerprint density at radius 1 is 1.36 bits per heavy atom. The highest BCUT2D eigenvalue weighted by molar-refractivity contribution is 5.77. The molecule has 0 aliphatic carbocycles. The maximum absolute atomic E-state index is 12.7. The Morgan fingerprint density at radius 2 is 2.16 bits per heavy atom. The van der Waals surface area contributed by atoms with Gasteiger partial charge in [-0.1, -0.05) is 6.92 Å². The van der Waals surface area contributed by atoms with Gasteiger partial charge in [0.25, 0.3) is 0 Å².